The maximum Gasteiger partial charge on any atom is 0.261 e. The second kappa shape index (κ2) is 8.63. The van der Waals surface area contributed by atoms with Crippen LogP contribution in [0, 0.1) is 0 Å². The fraction of sp³-hybridized carbons (Fsp3) is 0.364. The van der Waals surface area contributed by atoms with Crippen LogP contribution in [0.5, 0.6) is 11.5 Å². The summed E-state index contributed by atoms with van der Waals surface area (Å²) in [6.45, 7) is 4.78. The molecular formula is C22H25N3O4. The van der Waals surface area contributed by atoms with Crippen LogP contribution in [0.4, 0.5) is 0 Å². The molecule has 0 aliphatic carbocycles. The summed E-state index contributed by atoms with van der Waals surface area (Å²) in [7, 11) is 3.33. The van der Waals surface area contributed by atoms with E-state index in [0.29, 0.717) is 34.8 Å². The van der Waals surface area contributed by atoms with Gasteiger partial charge < -0.3 is 14.2 Å². The second-order valence-electron chi connectivity index (χ2n) is 6.98. The zero-order valence-electron chi connectivity index (χ0n) is 16.8. The maximum absolute atomic E-state index is 12.9. The highest BCUT2D eigenvalue weighted by molar-refractivity contribution is 5.81. The van der Waals surface area contributed by atoms with Gasteiger partial charge in [0.2, 0.25) is 0 Å². The Kier molecular flexibility index (Phi) is 5.78. The lowest BCUT2D eigenvalue weighted by Crippen LogP contribution is -2.38. The van der Waals surface area contributed by atoms with Crippen LogP contribution < -0.4 is 15.0 Å². The maximum atomic E-state index is 12.9. The Morgan fingerprint density at radius 3 is 2.72 bits per heavy atom. The summed E-state index contributed by atoms with van der Waals surface area (Å²) in [6, 6.07) is 13.0. The molecule has 0 saturated carbocycles. The van der Waals surface area contributed by atoms with E-state index in [1.54, 1.807) is 36.9 Å². The summed E-state index contributed by atoms with van der Waals surface area (Å²) in [5, 5.41) is 0.558. The predicted octanol–water partition coefficient (Wildman–Crippen LogP) is 2.32. The number of hydrogen-bond donors (Lipinski definition) is 0. The fourth-order valence-electron chi connectivity index (χ4n) is 3.51. The molecule has 1 fully saturated rings. The molecule has 0 unspecified atom stereocenters. The Labute approximate surface area is 169 Å². The Balaban J connectivity index is 1.65. The SMILES string of the molecule is COc1ccc2c(=O)n(C)c(-c3ccccc3OCCN3CCOCC3)nc2c1. The molecule has 3 aromatic rings. The van der Waals surface area contributed by atoms with Gasteiger partial charge in [0.1, 0.15) is 23.9 Å². The highest BCUT2D eigenvalue weighted by Crippen LogP contribution is 2.29. The highest BCUT2D eigenvalue weighted by Gasteiger charge is 2.15. The van der Waals surface area contributed by atoms with Gasteiger partial charge >= 0.3 is 0 Å². The fourth-order valence-corrected chi connectivity index (χ4v) is 3.51. The Morgan fingerprint density at radius 2 is 1.93 bits per heavy atom. The number of fused-ring (bicyclic) bond motifs is 1. The Morgan fingerprint density at radius 1 is 1.14 bits per heavy atom. The largest absolute Gasteiger partial charge is 0.497 e. The van der Waals surface area contributed by atoms with Crippen LogP contribution in [-0.4, -0.2) is 61.0 Å². The smallest absolute Gasteiger partial charge is 0.261 e. The average Bonchev–Trinajstić information content (AvgIpc) is 2.77. The van der Waals surface area contributed by atoms with Crippen molar-refractivity contribution < 1.29 is 14.2 Å². The van der Waals surface area contributed by atoms with Crippen LogP contribution in [0.3, 0.4) is 0 Å². The zero-order valence-corrected chi connectivity index (χ0v) is 16.8. The first kappa shape index (κ1) is 19.4. The van der Waals surface area contributed by atoms with Gasteiger partial charge in [-0.25, -0.2) is 4.98 Å². The van der Waals surface area contributed by atoms with Crippen LogP contribution in [0.1, 0.15) is 0 Å². The molecular weight excluding hydrogens is 370 g/mol. The third kappa shape index (κ3) is 4.11. The third-order valence-corrected chi connectivity index (χ3v) is 5.18. The molecule has 29 heavy (non-hydrogen) atoms. The van der Waals surface area contributed by atoms with Gasteiger partial charge in [-0.1, -0.05) is 12.1 Å². The molecule has 0 atom stereocenters. The van der Waals surface area contributed by atoms with Gasteiger partial charge in [0, 0.05) is 32.7 Å². The highest BCUT2D eigenvalue weighted by atomic mass is 16.5. The van der Waals surface area contributed by atoms with E-state index in [-0.39, 0.29) is 5.56 Å². The molecule has 1 aromatic heterocycles. The summed E-state index contributed by atoms with van der Waals surface area (Å²) in [4.78, 5) is 19.9. The molecule has 4 rings (SSSR count). The lowest BCUT2D eigenvalue weighted by molar-refractivity contribution is 0.0323. The lowest BCUT2D eigenvalue weighted by Gasteiger charge is -2.26. The molecule has 7 heteroatoms. The van der Waals surface area contributed by atoms with Crippen molar-refractivity contribution in [2.75, 3.05) is 46.6 Å². The summed E-state index contributed by atoms with van der Waals surface area (Å²) in [5.74, 6) is 1.95. The van der Waals surface area contributed by atoms with E-state index in [4.69, 9.17) is 19.2 Å². The predicted molar refractivity (Wildman–Crippen MR) is 112 cm³/mol. The number of hydrogen-bond acceptors (Lipinski definition) is 6. The number of ether oxygens (including phenoxy) is 3. The van der Waals surface area contributed by atoms with Gasteiger partial charge in [-0.3, -0.25) is 14.3 Å². The van der Waals surface area contributed by atoms with Crippen LogP contribution in [0.15, 0.2) is 47.3 Å². The molecule has 2 aromatic carbocycles. The topological polar surface area (TPSA) is 65.8 Å². The number of morpholine rings is 1. The minimum atomic E-state index is -0.101. The molecule has 1 aliphatic rings. The van der Waals surface area contributed by atoms with Crippen molar-refractivity contribution in [3.8, 4) is 22.9 Å². The van der Waals surface area contributed by atoms with Crippen LogP contribution in [-0.2, 0) is 11.8 Å². The standard InChI is InChI=1S/C22H25N3O4/c1-24-21(23-19-15-16(27-2)7-8-17(19)22(24)26)18-5-3-4-6-20(18)29-14-11-25-9-12-28-13-10-25/h3-8,15H,9-14H2,1-2H3. The van der Waals surface area contributed by atoms with Gasteiger partial charge in [-0.15, -0.1) is 0 Å². The zero-order chi connectivity index (χ0) is 20.2. The monoisotopic (exact) mass is 395 g/mol. The number of para-hydroxylation sites is 1. The number of nitrogens with zero attached hydrogens (tertiary/aromatic N) is 3. The van der Waals surface area contributed by atoms with Gasteiger partial charge in [0.05, 0.1) is 36.8 Å². The van der Waals surface area contributed by atoms with Crippen molar-refractivity contribution >= 4 is 10.9 Å². The van der Waals surface area contributed by atoms with E-state index >= 15 is 0 Å². The molecule has 152 valence electrons. The molecule has 2 heterocycles. The van der Waals surface area contributed by atoms with Crippen molar-refractivity contribution in [2.45, 2.75) is 0 Å². The number of rotatable bonds is 6. The van der Waals surface area contributed by atoms with Crippen LogP contribution in [0.25, 0.3) is 22.3 Å². The van der Waals surface area contributed by atoms with Crippen molar-refractivity contribution in [1.82, 2.24) is 14.5 Å². The normalized spacial score (nSPS) is 14.8. The van der Waals surface area contributed by atoms with Crippen molar-refractivity contribution in [3.63, 3.8) is 0 Å². The summed E-state index contributed by atoms with van der Waals surface area (Å²) >= 11 is 0. The third-order valence-electron chi connectivity index (χ3n) is 5.18. The van der Waals surface area contributed by atoms with E-state index < -0.39 is 0 Å². The van der Waals surface area contributed by atoms with E-state index in [1.807, 2.05) is 24.3 Å². The first-order valence-electron chi connectivity index (χ1n) is 9.74. The van der Waals surface area contributed by atoms with Crippen molar-refractivity contribution in [3.05, 3.63) is 52.8 Å². The average molecular weight is 395 g/mol. The molecule has 0 radical (unpaired) electrons. The van der Waals surface area contributed by atoms with Gasteiger partial charge in [0.25, 0.3) is 5.56 Å². The molecule has 0 N–H and O–H groups in total. The molecule has 0 amide bonds. The van der Waals surface area contributed by atoms with Crippen LogP contribution >= 0.6 is 0 Å². The van der Waals surface area contributed by atoms with Crippen molar-refractivity contribution in [2.24, 2.45) is 7.05 Å². The van der Waals surface area contributed by atoms with Gasteiger partial charge in [-0.05, 0) is 24.3 Å². The van der Waals surface area contributed by atoms with E-state index in [1.165, 1.54) is 0 Å². The number of benzene rings is 2. The van der Waals surface area contributed by atoms with E-state index in [2.05, 4.69) is 4.90 Å². The Hall–Kier alpha value is -2.90. The van der Waals surface area contributed by atoms with Crippen molar-refractivity contribution in [1.29, 1.82) is 0 Å². The number of methoxy groups -OCH3 is 1. The minimum Gasteiger partial charge on any atom is -0.497 e. The summed E-state index contributed by atoms with van der Waals surface area (Å²) in [5.41, 5.74) is 1.29. The first-order chi connectivity index (χ1) is 14.2. The molecule has 1 saturated heterocycles. The number of aromatic nitrogens is 2. The molecule has 1 aliphatic heterocycles. The summed E-state index contributed by atoms with van der Waals surface area (Å²) < 4.78 is 18.3. The molecule has 7 nitrogen and oxygen atoms in total. The minimum absolute atomic E-state index is 0.101. The van der Waals surface area contributed by atoms with Gasteiger partial charge in [0.15, 0.2) is 0 Å². The summed E-state index contributed by atoms with van der Waals surface area (Å²) in [6.07, 6.45) is 0. The van der Waals surface area contributed by atoms with Gasteiger partial charge in [-0.2, -0.15) is 0 Å². The Bertz CT molecular complexity index is 1060. The molecule has 0 bridgehead atoms. The molecule has 0 spiro atoms. The van der Waals surface area contributed by atoms with Crippen LogP contribution in [0.2, 0.25) is 0 Å². The first-order valence-corrected chi connectivity index (χ1v) is 9.74. The lowest BCUT2D eigenvalue weighted by atomic mass is 10.1. The van der Waals surface area contributed by atoms with E-state index in [9.17, 15) is 4.79 Å². The quantitative estimate of drug-likeness (QED) is 0.638. The second-order valence-corrected chi connectivity index (χ2v) is 6.98. The van der Waals surface area contributed by atoms with E-state index in [0.717, 1.165) is 38.4 Å².